The molecule has 4 aromatic rings. The molecule has 3 aromatic heterocycles. The van der Waals surface area contributed by atoms with Crippen molar-refractivity contribution >= 4 is 28.4 Å². The largest absolute Gasteiger partial charge is 0.491 e. The van der Waals surface area contributed by atoms with Gasteiger partial charge in [-0.1, -0.05) is 18.2 Å². The highest BCUT2D eigenvalue weighted by Gasteiger charge is 2.13. The molecule has 2 aliphatic rings. The van der Waals surface area contributed by atoms with E-state index in [1.54, 1.807) is 6.20 Å². The second-order valence-electron chi connectivity index (χ2n) is 9.25. The van der Waals surface area contributed by atoms with E-state index in [9.17, 15) is 0 Å². The number of morpholine rings is 2. The van der Waals surface area contributed by atoms with Crippen LogP contribution in [0.25, 0.3) is 22.2 Å². The van der Waals surface area contributed by atoms with Crippen molar-refractivity contribution in [3.8, 4) is 17.0 Å². The first-order valence-corrected chi connectivity index (χ1v) is 13.0. The number of nitrogens with one attached hydrogen (secondary N) is 1. The minimum atomic E-state index is 0.508. The molecule has 5 heterocycles. The summed E-state index contributed by atoms with van der Waals surface area (Å²) in [4.78, 5) is 23.2. The maximum Gasteiger partial charge on any atom is 0.227 e. The second-order valence-corrected chi connectivity index (χ2v) is 9.25. The molecule has 0 aliphatic carbocycles. The number of fused-ring (bicyclic) bond motifs is 1. The molecule has 0 unspecified atom stereocenters. The Kier molecular flexibility index (Phi) is 7.52. The third kappa shape index (κ3) is 5.83. The molecule has 10 nitrogen and oxygen atoms in total. The molecular weight excluding hydrogens is 482 g/mol. The van der Waals surface area contributed by atoms with Crippen molar-refractivity contribution in [2.45, 2.75) is 0 Å². The van der Waals surface area contributed by atoms with Crippen LogP contribution in [-0.4, -0.2) is 90.6 Å². The van der Waals surface area contributed by atoms with E-state index in [0.29, 0.717) is 12.6 Å². The van der Waals surface area contributed by atoms with Gasteiger partial charge in [0.15, 0.2) is 0 Å². The predicted molar refractivity (Wildman–Crippen MR) is 146 cm³/mol. The Bertz CT molecular complexity index is 1340. The highest BCUT2D eigenvalue weighted by Crippen LogP contribution is 2.28. The third-order valence-electron chi connectivity index (χ3n) is 6.74. The van der Waals surface area contributed by atoms with Gasteiger partial charge >= 0.3 is 0 Å². The van der Waals surface area contributed by atoms with E-state index in [4.69, 9.17) is 19.2 Å². The van der Waals surface area contributed by atoms with Gasteiger partial charge in [0.25, 0.3) is 0 Å². The molecular formula is C28H31N7O3. The molecule has 2 fully saturated rings. The Morgan fingerprint density at radius 2 is 1.66 bits per heavy atom. The fourth-order valence-electron chi connectivity index (χ4n) is 4.63. The Balaban J connectivity index is 1.14. The van der Waals surface area contributed by atoms with Crippen LogP contribution in [0.5, 0.6) is 5.75 Å². The summed E-state index contributed by atoms with van der Waals surface area (Å²) >= 11 is 0. The van der Waals surface area contributed by atoms with Gasteiger partial charge in [0.05, 0.1) is 55.7 Å². The van der Waals surface area contributed by atoms with Crippen molar-refractivity contribution in [1.29, 1.82) is 0 Å². The quantitative estimate of drug-likeness (QED) is 0.378. The van der Waals surface area contributed by atoms with E-state index in [1.165, 1.54) is 0 Å². The Hall–Kier alpha value is -3.86. The summed E-state index contributed by atoms with van der Waals surface area (Å²) in [6.07, 6.45) is 5.41. The molecule has 0 amide bonds. The van der Waals surface area contributed by atoms with E-state index in [0.717, 1.165) is 98.6 Å². The van der Waals surface area contributed by atoms with Crippen LogP contribution in [0.2, 0.25) is 0 Å². The normalized spacial score (nSPS) is 16.5. The van der Waals surface area contributed by atoms with Crippen molar-refractivity contribution in [3.05, 3.63) is 61.1 Å². The number of nitrogens with zero attached hydrogens (tertiary/aromatic N) is 6. The average molecular weight is 514 g/mol. The minimum absolute atomic E-state index is 0.508. The molecule has 38 heavy (non-hydrogen) atoms. The molecule has 2 aliphatic heterocycles. The van der Waals surface area contributed by atoms with Crippen LogP contribution in [0.1, 0.15) is 0 Å². The van der Waals surface area contributed by atoms with E-state index < -0.39 is 0 Å². The van der Waals surface area contributed by atoms with Crippen LogP contribution in [0, 0.1) is 0 Å². The van der Waals surface area contributed by atoms with Gasteiger partial charge in [-0.15, -0.1) is 0 Å². The maximum atomic E-state index is 5.92. The molecule has 1 N–H and O–H groups in total. The van der Waals surface area contributed by atoms with Gasteiger partial charge in [-0.3, -0.25) is 9.88 Å². The number of pyridine rings is 2. The van der Waals surface area contributed by atoms with Crippen LogP contribution < -0.4 is 15.0 Å². The lowest BCUT2D eigenvalue weighted by atomic mass is 10.1. The summed E-state index contributed by atoms with van der Waals surface area (Å²) in [5.41, 5.74) is 3.43. The number of para-hydroxylation sites is 1. The zero-order valence-corrected chi connectivity index (χ0v) is 21.3. The highest BCUT2D eigenvalue weighted by molar-refractivity contribution is 5.93. The standard InChI is InChI=1S/C28H31N7O3/c1-2-21-18-31-28(32-22-4-7-26(30-19-22)35-11-15-37-16-12-35)33-27(21)24(3-1)25-6-5-23(20-29-25)38-17-10-34-8-13-36-14-9-34/h1-7,18-20H,8-17H2,(H,31,32,33). The zero-order chi connectivity index (χ0) is 25.6. The van der Waals surface area contributed by atoms with Crippen molar-refractivity contribution in [3.63, 3.8) is 0 Å². The van der Waals surface area contributed by atoms with Crippen molar-refractivity contribution in [2.75, 3.05) is 76.0 Å². The molecule has 2 saturated heterocycles. The van der Waals surface area contributed by atoms with E-state index in [-0.39, 0.29) is 0 Å². The number of benzene rings is 1. The Labute approximate surface area is 221 Å². The smallest absolute Gasteiger partial charge is 0.227 e. The summed E-state index contributed by atoms with van der Waals surface area (Å²) in [5.74, 6) is 2.21. The molecule has 0 spiro atoms. The van der Waals surface area contributed by atoms with Gasteiger partial charge in [0.1, 0.15) is 18.2 Å². The predicted octanol–water partition coefficient (Wildman–Crippen LogP) is 3.38. The summed E-state index contributed by atoms with van der Waals surface area (Å²) in [5, 5.41) is 4.23. The van der Waals surface area contributed by atoms with Crippen molar-refractivity contribution < 1.29 is 14.2 Å². The van der Waals surface area contributed by atoms with Gasteiger partial charge < -0.3 is 24.4 Å². The van der Waals surface area contributed by atoms with Gasteiger partial charge in [0, 0.05) is 49.9 Å². The zero-order valence-electron chi connectivity index (χ0n) is 21.3. The summed E-state index contributed by atoms with van der Waals surface area (Å²) < 4.78 is 16.8. The van der Waals surface area contributed by atoms with E-state index >= 15 is 0 Å². The van der Waals surface area contributed by atoms with Crippen molar-refractivity contribution in [2.24, 2.45) is 0 Å². The maximum absolute atomic E-state index is 5.92. The van der Waals surface area contributed by atoms with Gasteiger partial charge in [-0.2, -0.15) is 0 Å². The first-order valence-electron chi connectivity index (χ1n) is 13.0. The lowest BCUT2D eigenvalue weighted by Crippen LogP contribution is -2.38. The van der Waals surface area contributed by atoms with Crippen molar-refractivity contribution in [1.82, 2.24) is 24.8 Å². The van der Waals surface area contributed by atoms with E-state index in [2.05, 4.69) is 30.1 Å². The topological polar surface area (TPSA) is 97.8 Å². The Morgan fingerprint density at radius 1 is 0.816 bits per heavy atom. The third-order valence-corrected chi connectivity index (χ3v) is 6.74. The summed E-state index contributed by atoms with van der Waals surface area (Å²) in [6, 6.07) is 14.0. The number of ether oxygens (including phenoxy) is 3. The van der Waals surface area contributed by atoms with E-state index in [1.807, 2.05) is 54.9 Å². The second kappa shape index (κ2) is 11.7. The Morgan fingerprint density at radius 3 is 2.42 bits per heavy atom. The minimum Gasteiger partial charge on any atom is -0.491 e. The van der Waals surface area contributed by atoms with Crippen LogP contribution >= 0.6 is 0 Å². The average Bonchev–Trinajstić information content (AvgIpc) is 2.99. The summed E-state index contributed by atoms with van der Waals surface area (Å²) in [6.45, 7) is 8.17. The molecule has 1 aromatic carbocycles. The molecule has 196 valence electrons. The number of hydrogen-bond acceptors (Lipinski definition) is 10. The lowest BCUT2D eigenvalue weighted by Gasteiger charge is -2.27. The van der Waals surface area contributed by atoms with Crippen LogP contribution in [0.4, 0.5) is 17.5 Å². The fraction of sp³-hybridized carbons (Fsp3) is 0.357. The van der Waals surface area contributed by atoms with Gasteiger partial charge in [-0.05, 0) is 24.3 Å². The molecule has 0 bridgehead atoms. The fourth-order valence-corrected chi connectivity index (χ4v) is 4.63. The lowest BCUT2D eigenvalue weighted by molar-refractivity contribution is 0.0322. The molecule has 0 atom stereocenters. The number of rotatable bonds is 8. The molecule has 0 radical (unpaired) electrons. The monoisotopic (exact) mass is 513 g/mol. The molecule has 6 rings (SSSR count). The number of anilines is 3. The molecule has 0 saturated carbocycles. The molecule has 10 heteroatoms. The van der Waals surface area contributed by atoms with Gasteiger partial charge in [-0.25, -0.2) is 15.0 Å². The first kappa shape index (κ1) is 24.5. The SMILES string of the molecule is c1cc(-c2ccc(OCCN3CCOCC3)cn2)c2nc(Nc3ccc(N4CCOCC4)nc3)ncc2c1. The van der Waals surface area contributed by atoms with Crippen LogP contribution in [0.3, 0.4) is 0 Å². The van der Waals surface area contributed by atoms with Crippen LogP contribution in [-0.2, 0) is 9.47 Å². The van der Waals surface area contributed by atoms with Crippen LogP contribution in [0.15, 0.2) is 61.1 Å². The highest BCUT2D eigenvalue weighted by atomic mass is 16.5. The first-order chi connectivity index (χ1) is 18.8. The number of hydrogen-bond donors (Lipinski definition) is 1. The van der Waals surface area contributed by atoms with Gasteiger partial charge in [0.2, 0.25) is 5.95 Å². The summed E-state index contributed by atoms with van der Waals surface area (Å²) in [7, 11) is 0. The number of aromatic nitrogens is 4.